The monoisotopic (exact) mass is 353 g/mol. The Labute approximate surface area is 153 Å². The highest BCUT2D eigenvalue weighted by molar-refractivity contribution is 5.93. The molecule has 0 fully saturated rings. The first-order valence-electron chi connectivity index (χ1n) is 8.95. The maximum absolute atomic E-state index is 12.9. The molecule has 3 aromatic rings. The molecule has 0 aliphatic rings. The summed E-state index contributed by atoms with van der Waals surface area (Å²) in [5, 5.41) is 0.590. The molecule has 5 nitrogen and oxygen atoms in total. The lowest BCUT2D eigenvalue weighted by Crippen LogP contribution is -2.36. The van der Waals surface area contributed by atoms with Crippen molar-refractivity contribution in [1.29, 1.82) is 0 Å². The summed E-state index contributed by atoms with van der Waals surface area (Å²) >= 11 is 0. The predicted molar refractivity (Wildman–Crippen MR) is 107 cm³/mol. The van der Waals surface area contributed by atoms with E-state index in [0.717, 1.165) is 11.3 Å². The zero-order valence-electron chi connectivity index (χ0n) is 16.6. The average Bonchev–Trinajstić information content (AvgIpc) is 2.98. The average molecular weight is 353 g/mol. The van der Waals surface area contributed by atoms with Gasteiger partial charge in [0.05, 0.1) is 16.6 Å². The third-order valence-electron chi connectivity index (χ3n) is 5.05. The van der Waals surface area contributed by atoms with Crippen LogP contribution in [0.25, 0.3) is 22.2 Å². The first-order valence-corrected chi connectivity index (χ1v) is 8.95. The maximum atomic E-state index is 12.9. The molecule has 0 radical (unpaired) electrons. The lowest BCUT2D eigenvalue weighted by atomic mass is 9.86. The van der Waals surface area contributed by atoms with E-state index in [2.05, 4.69) is 63.5 Å². The van der Waals surface area contributed by atoms with E-state index in [1.165, 1.54) is 17.2 Å². The molecule has 0 aliphatic heterocycles. The van der Waals surface area contributed by atoms with Gasteiger partial charge >= 0.3 is 5.69 Å². The van der Waals surface area contributed by atoms with Crippen LogP contribution in [0.4, 0.5) is 0 Å². The van der Waals surface area contributed by atoms with Gasteiger partial charge in [-0.05, 0) is 30.4 Å². The topological polar surface area (TPSA) is 48.9 Å². The molecule has 0 saturated heterocycles. The Hall–Kier alpha value is -2.56. The van der Waals surface area contributed by atoms with Gasteiger partial charge in [0.2, 0.25) is 0 Å². The van der Waals surface area contributed by atoms with Crippen molar-refractivity contribution in [1.82, 2.24) is 13.7 Å². The zero-order valence-corrected chi connectivity index (χ0v) is 16.6. The number of rotatable bonds is 2. The summed E-state index contributed by atoms with van der Waals surface area (Å²) in [7, 11) is 3.24. The van der Waals surface area contributed by atoms with Crippen molar-refractivity contribution in [3.8, 4) is 11.3 Å². The summed E-state index contributed by atoms with van der Waals surface area (Å²) in [4.78, 5) is 25.2. The van der Waals surface area contributed by atoms with Crippen molar-refractivity contribution in [2.24, 2.45) is 14.1 Å². The fraction of sp³-hybridized carbons (Fsp3) is 0.429. The van der Waals surface area contributed by atoms with Gasteiger partial charge in [-0.25, -0.2) is 4.79 Å². The van der Waals surface area contributed by atoms with Gasteiger partial charge in [0, 0.05) is 26.3 Å². The molecule has 0 aliphatic carbocycles. The van der Waals surface area contributed by atoms with Crippen LogP contribution in [0.5, 0.6) is 0 Å². The van der Waals surface area contributed by atoms with Gasteiger partial charge in [0.25, 0.3) is 5.56 Å². The van der Waals surface area contributed by atoms with E-state index < -0.39 is 0 Å². The van der Waals surface area contributed by atoms with Crippen LogP contribution in [0, 0.1) is 0 Å². The van der Waals surface area contributed by atoms with Crippen molar-refractivity contribution < 1.29 is 0 Å². The number of hydrogen-bond acceptors (Lipinski definition) is 2. The van der Waals surface area contributed by atoms with Crippen LogP contribution in [0.3, 0.4) is 0 Å². The second kappa shape index (κ2) is 6.01. The van der Waals surface area contributed by atoms with Crippen LogP contribution < -0.4 is 11.2 Å². The molecule has 2 aromatic heterocycles. The summed E-state index contributed by atoms with van der Waals surface area (Å²) in [6.45, 7) is 10.7. The van der Waals surface area contributed by atoms with E-state index in [1.54, 1.807) is 11.6 Å². The van der Waals surface area contributed by atoms with Crippen molar-refractivity contribution >= 4 is 10.9 Å². The molecular formula is C21H27N3O2. The predicted octanol–water partition coefficient (Wildman–Crippen LogP) is 3.58. The van der Waals surface area contributed by atoms with Crippen molar-refractivity contribution in [3.63, 3.8) is 0 Å². The molecule has 0 amide bonds. The second-order valence-corrected chi connectivity index (χ2v) is 8.27. The molecule has 0 atom stereocenters. The fourth-order valence-electron chi connectivity index (χ4n) is 3.39. The lowest BCUT2D eigenvalue weighted by Gasteiger charge is -2.20. The molecule has 3 rings (SSSR count). The summed E-state index contributed by atoms with van der Waals surface area (Å²) in [6, 6.07) is 8.54. The van der Waals surface area contributed by atoms with E-state index >= 15 is 0 Å². The van der Waals surface area contributed by atoms with Crippen LogP contribution in [0.1, 0.15) is 46.2 Å². The Balaban J connectivity index is 2.40. The minimum atomic E-state index is -0.307. The van der Waals surface area contributed by atoms with Crippen LogP contribution in [-0.4, -0.2) is 13.7 Å². The van der Waals surface area contributed by atoms with E-state index in [9.17, 15) is 9.59 Å². The number of fused-ring (bicyclic) bond motifs is 1. The number of aromatic nitrogens is 3. The molecule has 2 heterocycles. The van der Waals surface area contributed by atoms with Gasteiger partial charge in [0.1, 0.15) is 0 Å². The highest BCUT2D eigenvalue weighted by Crippen LogP contribution is 2.32. The molecule has 0 spiro atoms. The quantitative estimate of drug-likeness (QED) is 0.707. The standard InChI is InChI=1S/C21H27N3O2/c1-13(2)24-12-16-17(19(25)23(7)20(26)22(16)6)18(24)14-8-10-15(11-9-14)21(3,4)5/h8-13H,1-7H3. The molecule has 0 N–H and O–H groups in total. The molecule has 26 heavy (non-hydrogen) atoms. The Morgan fingerprint density at radius 1 is 0.923 bits per heavy atom. The van der Waals surface area contributed by atoms with Crippen molar-refractivity contribution in [3.05, 3.63) is 56.9 Å². The minimum absolute atomic E-state index is 0.0701. The SMILES string of the molecule is CC(C)n1cc2c(c1-c1ccc(C(C)(C)C)cc1)c(=O)n(C)c(=O)n2C. The lowest BCUT2D eigenvalue weighted by molar-refractivity contribution is 0.590. The maximum Gasteiger partial charge on any atom is 0.330 e. The molecular weight excluding hydrogens is 326 g/mol. The summed E-state index contributed by atoms with van der Waals surface area (Å²) in [5.41, 5.74) is 3.27. The largest absolute Gasteiger partial charge is 0.342 e. The minimum Gasteiger partial charge on any atom is -0.342 e. The normalized spacial score (nSPS) is 12.3. The van der Waals surface area contributed by atoms with E-state index in [1.807, 2.05) is 6.20 Å². The highest BCUT2D eigenvalue weighted by Gasteiger charge is 2.21. The summed E-state index contributed by atoms with van der Waals surface area (Å²) in [6.07, 6.45) is 1.91. The van der Waals surface area contributed by atoms with E-state index in [4.69, 9.17) is 0 Å². The van der Waals surface area contributed by atoms with Crippen LogP contribution >= 0.6 is 0 Å². The Kier molecular flexibility index (Phi) is 4.21. The van der Waals surface area contributed by atoms with Crippen LogP contribution in [0.15, 0.2) is 40.1 Å². The Morgan fingerprint density at radius 2 is 1.50 bits per heavy atom. The third kappa shape index (κ3) is 2.71. The Bertz CT molecular complexity index is 1090. The molecule has 0 unspecified atom stereocenters. The molecule has 5 heteroatoms. The van der Waals surface area contributed by atoms with Crippen molar-refractivity contribution in [2.45, 2.75) is 46.1 Å². The third-order valence-corrected chi connectivity index (χ3v) is 5.05. The number of nitrogens with zero attached hydrogens (tertiary/aromatic N) is 3. The Morgan fingerprint density at radius 3 is 2.00 bits per heavy atom. The van der Waals surface area contributed by atoms with Crippen LogP contribution in [0.2, 0.25) is 0 Å². The van der Waals surface area contributed by atoms with Gasteiger partial charge in [-0.2, -0.15) is 0 Å². The first-order chi connectivity index (χ1) is 12.0. The first kappa shape index (κ1) is 18.2. The summed E-state index contributed by atoms with van der Waals surface area (Å²) < 4.78 is 4.81. The molecule has 138 valence electrons. The van der Waals surface area contributed by atoms with E-state index in [0.29, 0.717) is 10.9 Å². The van der Waals surface area contributed by atoms with Gasteiger partial charge in [-0.15, -0.1) is 0 Å². The molecule has 0 saturated carbocycles. The molecule has 1 aromatic carbocycles. The molecule has 0 bridgehead atoms. The number of aryl methyl sites for hydroxylation is 1. The van der Waals surface area contributed by atoms with Crippen molar-refractivity contribution in [2.75, 3.05) is 0 Å². The fourth-order valence-corrected chi connectivity index (χ4v) is 3.39. The second-order valence-electron chi connectivity index (χ2n) is 8.27. The number of hydrogen-bond donors (Lipinski definition) is 0. The van der Waals surface area contributed by atoms with Gasteiger partial charge in [0.15, 0.2) is 0 Å². The summed E-state index contributed by atoms with van der Waals surface area (Å²) in [5.74, 6) is 0. The van der Waals surface area contributed by atoms with Gasteiger partial charge in [-0.1, -0.05) is 45.0 Å². The van der Waals surface area contributed by atoms with E-state index in [-0.39, 0.29) is 22.7 Å². The smallest absolute Gasteiger partial charge is 0.330 e. The highest BCUT2D eigenvalue weighted by atomic mass is 16.2. The van der Waals surface area contributed by atoms with Gasteiger partial charge in [-0.3, -0.25) is 13.9 Å². The van der Waals surface area contributed by atoms with Gasteiger partial charge < -0.3 is 4.57 Å². The van der Waals surface area contributed by atoms with Crippen LogP contribution in [-0.2, 0) is 19.5 Å². The zero-order chi connectivity index (χ0) is 19.4. The number of benzene rings is 1.